The van der Waals surface area contributed by atoms with Crippen molar-refractivity contribution in [3.63, 3.8) is 0 Å². The van der Waals surface area contributed by atoms with Gasteiger partial charge in [0.1, 0.15) is 29.9 Å². The van der Waals surface area contributed by atoms with Crippen molar-refractivity contribution in [2.75, 3.05) is 61.2 Å². The van der Waals surface area contributed by atoms with Crippen LogP contribution in [0.2, 0.25) is 0 Å². The molecular weight excluding hydrogens is 911 g/mol. The number of amides is 4. The smallest absolute Gasteiger partial charge is 0.329 e. The molecule has 7 unspecified atom stereocenters. The molecular formula is C58H55N5O9. The summed E-state index contributed by atoms with van der Waals surface area (Å²) in [5.41, 5.74) is 3.13. The Morgan fingerprint density at radius 3 is 2.11 bits per heavy atom. The number of hydrogen-bond donors (Lipinski definition) is 4. The van der Waals surface area contributed by atoms with Crippen LogP contribution >= 0.6 is 0 Å². The van der Waals surface area contributed by atoms with Crippen molar-refractivity contribution in [2.24, 2.45) is 5.92 Å². The number of carbonyl (C=O) groups excluding carboxylic acids is 4. The minimum absolute atomic E-state index is 0.0364. The van der Waals surface area contributed by atoms with E-state index in [2.05, 4.69) is 27.4 Å². The van der Waals surface area contributed by atoms with Crippen molar-refractivity contribution in [3.05, 3.63) is 191 Å². The second-order valence-electron chi connectivity index (χ2n) is 18.3. The van der Waals surface area contributed by atoms with Crippen LogP contribution in [-0.4, -0.2) is 91.1 Å². The molecule has 3 fully saturated rings. The van der Waals surface area contributed by atoms with Gasteiger partial charge in [0.2, 0.25) is 11.8 Å². The molecule has 7 atom stereocenters. The van der Waals surface area contributed by atoms with Gasteiger partial charge in [-0.15, -0.1) is 0 Å². The Bertz CT molecular complexity index is 2980. The van der Waals surface area contributed by atoms with E-state index in [4.69, 9.17) is 14.2 Å². The van der Waals surface area contributed by atoms with Crippen LogP contribution in [0, 0.1) is 17.8 Å². The summed E-state index contributed by atoms with van der Waals surface area (Å²) in [6, 6.07) is 43.3. The molecule has 6 aromatic rings. The summed E-state index contributed by atoms with van der Waals surface area (Å²) in [5, 5.41) is 25.6. The van der Waals surface area contributed by atoms with Crippen LogP contribution in [0.1, 0.15) is 71.0 Å². The van der Waals surface area contributed by atoms with Gasteiger partial charge in [0.05, 0.1) is 56.2 Å². The number of cyclic esters (lactones) is 1. The Hall–Kier alpha value is -7.80. The maximum absolute atomic E-state index is 16.7. The number of benzene rings is 6. The summed E-state index contributed by atoms with van der Waals surface area (Å²) in [4.78, 5) is 68.7. The predicted octanol–water partition coefficient (Wildman–Crippen LogP) is 7.40. The zero-order valence-corrected chi connectivity index (χ0v) is 39.7. The largest absolute Gasteiger partial charge is 0.491 e. The first-order valence-corrected chi connectivity index (χ1v) is 24.3. The number of nitrogens with one attached hydrogen (secondary N) is 2. The van der Waals surface area contributed by atoms with Crippen LogP contribution in [0.25, 0.3) is 0 Å². The van der Waals surface area contributed by atoms with Crippen LogP contribution in [0.3, 0.4) is 0 Å². The lowest BCUT2D eigenvalue weighted by molar-refractivity contribution is -0.177. The van der Waals surface area contributed by atoms with E-state index in [0.717, 1.165) is 21.7 Å². The molecule has 4 heterocycles. The van der Waals surface area contributed by atoms with E-state index in [0.29, 0.717) is 60.0 Å². The minimum atomic E-state index is -2.04. The second-order valence-corrected chi connectivity index (χ2v) is 18.3. The molecule has 0 saturated carbocycles. The van der Waals surface area contributed by atoms with E-state index < -0.39 is 65.4 Å². The SMILES string of the molecule is CC(NC(=O)N1C(=O)C2(c3cc(C#CCCO)ccc31)C(C(=O)Nc1ccc(N3CCOCC3)cc1)C1C(=O)OC(c3ccccc3)C(c3ccccc3)N1C2c1ccc(OCCO)cc1)c1ccccc1. The average Bonchev–Trinajstić information content (AvgIpc) is 3.88. The summed E-state index contributed by atoms with van der Waals surface area (Å²) in [5.74, 6) is 2.93. The van der Waals surface area contributed by atoms with E-state index in [9.17, 15) is 10.2 Å². The van der Waals surface area contributed by atoms with Gasteiger partial charge >= 0.3 is 12.0 Å². The zero-order valence-electron chi connectivity index (χ0n) is 39.7. The van der Waals surface area contributed by atoms with Gasteiger partial charge in [0.25, 0.3) is 0 Å². The Balaban J connectivity index is 1.22. The van der Waals surface area contributed by atoms with Crippen molar-refractivity contribution in [2.45, 2.75) is 49.0 Å². The number of aliphatic hydroxyl groups is 2. The van der Waals surface area contributed by atoms with Crippen molar-refractivity contribution in [1.29, 1.82) is 0 Å². The highest BCUT2D eigenvalue weighted by Gasteiger charge is 2.75. The molecule has 72 heavy (non-hydrogen) atoms. The maximum atomic E-state index is 16.7. The number of anilines is 3. The molecule has 0 bridgehead atoms. The van der Waals surface area contributed by atoms with Gasteiger partial charge in [0, 0.05) is 36.4 Å². The number of ether oxygens (including phenoxy) is 3. The number of hydrogen-bond acceptors (Lipinski definition) is 11. The number of urea groups is 1. The summed E-state index contributed by atoms with van der Waals surface area (Å²) in [6.07, 6.45) is -0.742. The maximum Gasteiger partial charge on any atom is 0.329 e. The lowest BCUT2D eigenvalue weighted by Crippen LogP contribution is -2.55. The molecule has 4 aliphatic heterocycles. The molecule has 10 rings (SSSR count). The highest BCUT2D eigenvalue weighted by molar-refractivity contribution is 6.25. The van der Waals surface area contributed by atoms with Crippen molar-refractivity contribution < 1.29 is 43.6 Å². The third-order valence-corrected chi connectivity index (χ3v) is 14.1. The summed E-state index contributed by atoms with van der Waals surface area (Å²) >= 11 is 0. The van der Waals surface area contributed by atoms with E-state index in [-0.39, 0.29) is 31.9 Å². The fourth-order valence-electron chi connectivity index (χ4n) is 11.0. The molecule has 0 aliphatic carbocycles. The van der Waals surface area contributed by atoms with Crippen molar-refractivity contribution in [1.82, 2.24) is 10.2 Å². The van der Waals surface area contributed by atoms with Gasteiger partial charge in [-0.3, -0.25) is 19.3 Å². The van der Waals surface area contributed by atoms with E-state index in [1.807, 2.05) is 115 Å². The molecule has 4 N–H and O–H groups in total. The number of aliphatic hydroxyl groups excluding tert-OH is 2. The first-order valence-electron chi connectivity index (χ1n) is 24.3. The molecule has 4 amide bonds. The number of nitrogens with zero attached hydrogens (tertiary/aromatic N) is 3. The van der Waals surface area contributed by atoms with Crippen LogP contribution in [-0.2, 0) is 29.3 Å². The zero-order chi connectivity index (χ0) is 49.8. The van der Waals surface area contributed by atoms with Gasteiger partial charge in [-0.2, -0.15) is 0 Å². The first-order chi connectivity index (χ1) is 35.2. The van der Waals surface area contributed by atoms with E-state index >= 15 is 19.2 Å². The van der Waals surface area contributed by atoms with Crippen LogP contribution in [0.4, 0.5) is 21.9 Å². The van der Waals surface area contributed by atoms with Crippen LogP contribution in [0.15, 0.2) is 158 Å². The van der Waals surface area contributed by atoms with Crippen molar-refractivity contribution >= 4 is 40.9 Å². The minimum Gasteiger partial charge on any atom is -0.491 e. The first kappa shape index (κ1) is 47.9. The Morgan fingerprint density at radius 1 is 0.778 bits per heavy atom. The highest BCUT2D eigenvalue weighted by atomic mass is 16.6. The number of fused-ring (bicyclic) bond motifs is 3. The molecule has 6 aromatic carbocycles. The molecule has 3 saturated heterocycles. The highest BCUT2D eigenvalue weighted by Crippen LogP contribution is 2.66. The molecule has 14 heteroatoms. The van der Waals surface area contributed by atoms with E-state index in [1.165, 1.54) is 0 Å². The third kappa shape index (κ3) is 8.86. The van der Waals surface area contributed by atoms with Crippen LogP contribution < -0.4 is 25.2 Å². The fourth-order valence-corrected chi connectivity index (χ4v) is 11.0. The lowest BCUT2D eigenvalue weighted by atomic mass is 9.65. The van der Waals surface area contributed by atoms with Crippen LogP contribution in [0.5, 0.6) is 5.75 Å². The van der Waals surface area contributed by atoms with Gasteiger partial charge in [-0.05, 0) is 89.3 Å². The monoisotopic (exact) mass is 965 g/mol. The topological polar surface area (TPSA) is 170 Å². The van der Waals surface area contributed by atoms with Crippen molar-refractivity contribution in [3.8, 4) is 17.6 Å². The molecule has 1 spiro atoms. The number of esters is 1. The Kier molecular flexibility index (Phi) is 13.9. The number of carbonyl (C=O) groups is 4. The molecule has 366 valence electrons. The summed E-state index contributed by atoms with van der Waals surface area (Å²) < 4.78 is 18.1. The standard InChI is InChI=1S/C58H55N5O9/c1-38(40-14-5-2-6-15-40)59-57(69)62-48-29-20-39(13-11-12-32-64)37-47(48)58(56(62)68)49(54(66)60-44-23-25-45(26-24-44)61-30-34-70-35-31-61)51-55(67)72-52(42-18-9-4-10-19-42)50(41-16-7-3-8-17-41)63(51)53(58)43-21-27-46(28-22-43)71-36-33-65/h2-10,14-29,37-38,49-53,64-65H,12,30-36H2,1H3,(H,59,69)(H,60,66). The van der Waals surface area contributed by atoms with Gasteiger partial charge in [-0.25, -0.2) is 9.69 Å². The van der Waals surface area contributed by atoms with Gasteiger partial charge in [-0.1, -0.05) is 115 Å². The predicted molar refractivity (Wildman–Crippen MR) is 271 cm³/mol. The lowest BCUT2D eigenvalue weighted by Gasteiger charge is -2.46. The van der Waals surface area contributed by atoms with Gasteiger partial charge < -0.3 is 40.0 Å². The number of rotatable bonds is 12. The molecule has 0 aromatic heterocycles. The summed E-state index contributed by atoms with van der Waals surface area (Å²) in [6.45, 7) is 4.08. The quantitative estimate of drug-likeness (QED) is 0.0712. The Labute approximate surface area is 418 Å². The number of morpholine rings is 2. The normalized spacial score (nSPS) is 22.8. The Morgan fingerprint density at radius 2 is 1.44 bits per heavy atom. The third-order valence-electron chi connectivity index (χ3n) is 14.1. The molecule has 14 nitrogen and oxygen atoms in total. The van der Waals surface area contributed by atoms with Gasteiger partial charge in [0.15, 0.2) is 0 Å². The average molecular weight is 966 g/mol. The number of imide groups is 1. The van der Waals surface area contributed by atoms with E-state index in [1.54, 1.807) is 54.6 Å². The molecule has 4 aliphatic rings. The molecule has 0 radical (unpaired) electrons. The second kappa shape index (κ2) is 20.9. The fraction of sp³-hybridized carbons (Fsp3) is 0.276. The summed E-state index contributed by atoms with van der Waals surface area (Å²) in [7, 11) is 0.